The van der Waals surface area contributed by atoms with Crippen LogP contribution in [0.25, 0.3) is 0 Å². The number of rotatable bonds is 6. The highest BCUT2D eigenvalue weighted by molar-refractivity contribution is 9.11. The lowest BCUT2D eigenvalue weighted by molar-refractivity contribution is -0.134. The topological polar surface area (TPSA) is 82.1 Å². The van der Waals surface area contributed by atoms with Gasteiger partial charge in [-0.2, -0.15) is 0 Å². The molecule has 0 unspecified atom stereocenters. The second-order valence-electron chi connectivity index (χ2n) is 7.54. The van der Waals surface area contributed by atoms with Crippen molar-refractivity contribution in [1.82, 2.24) is 4.90 Å². The van der Waals surface area contributed by atoms with Crippen LogP contribution in [0.4, 0.5) is 0 Å². The lowest BCUT2D eigenvalue weighted by atomic mass is 9.99. The average Bonchev–Trinajstić information content (AvgIpc) is 2.97. The molecule has 1 amide bonds. The van der Waals surface area contributed by atoms with Crippen molar-refractivity contribution < 1.29 is 27.4 Å². The molecule has 0 N–H and O–H groups in total. The van der Waals surface area contributed by atoms with E-state index in [2.05, 4.69) is 38.4 Å². The summed E-state index contributed by atoms with van der Waals surface area (Å²) in [7, 11) is -3.23. The molecule has 2 aliphatic rings. The molecule has 160 valence electrons. The van der Waals surface area contributed by atoms with E-state index in [9.17, 15) is 13.2 Å². The summed E-state index contributed by atoms with van der Waals surface area (Å²) < 4.78 is 42.2. The highest BCUT2D eigenvalue weighted by Crippen LogP contribution is 2.53. The van der Waals surface area contributed by atoms with Crippen molar-refractivity contribution >= 4 is 47.6 Å². The third-order valence-electron chi connectivity index (χ3n) is 4.82. The maximum atomic E-state index is 12.6. The number of carbonyl (C=O) groups excluding carboxylic acids is 1. The Kier molecular flexibility index (Phi) is 6.55. The molecule has 0 atom stereocenters. The monoisotopic (exact) mass is 551 g/mol. The predicted molar refractivity (Wildman–Crippen MR) is 116 cm³/mol. The van der Waals surface area contributed by atoms with Crippen LogP contribution >= 0.6 is 31.9 Å². The van der Waals surface area contributed by atoms with Crippen molar-refractivity contribution in [2.24, 2.45) is 5.92 Å². The zero-order valence-corrected chi connectivity index (χ0v) is 20.2. The van der Waals surface area contributed by atoms with E-state index in [1.165, 1.54) is 0 Å². The van der Waals surface area contributed by atoms with Crippen LogP contribution in [0.5, 0.6) is 17.2 Å². The molecule has 1 aromatic rings. The van der Waals surface area contributed by atoms with Crippen LogP contribution in [0.2, 0.25) is 0 Å². The zero-order valence-electron chi connectivity index (χ0n) is 16.2. The summed E-state index contributed by atoms with van der Waals surface area (Å²) in [4.78, 5) is 14.3. The van der Waals surface area contributed by atoms with Gasteiger partial charge in [0.1, 0.15) is 0 Å². The summed E-state index contributed by atoms with van der Waals surface area (Å²) in [6.07, 6.45) is 1.28. The highest BCUT2D eigenvalue weighted by Gasteiger charge is 2.37. The fourth-order valence-corrected chi connectivity index (χ4v) is 5.81. The normalized spacial score (nSPS) is 18.6. The largest absolute Gasteiger partial charge is 0.479 e. The van der Waals surface area contributed by atoms with Gasteiger partial charge in [-0.1, -0.05) is 6.58 Å². The first kappa shape index (κ1) is 22.4. The highest BCUT2D eigenvalue weighted by atomic mass is 79.9. The number of likely N-dealkylation sites (tertiary alicyclic amines) is 1. The number of sulfone groups is 1. The fraction of sp³-hybridized carbons (Fsp3) is 0.526. The van der Waals surface area contributed by atoms with Gasteiger partial charge >= 0.3 is 0 Å². The van der Waals surface area contributed by atoms with Crippen molar-refractivity contribution in [3.8, 4) is 17.2 Å². The van der Waals surface area contributed by atoms with E-state index in [1.54, 1.807) is 24.8 Å². The van der Waals surface area contributed by atoms with E-state index in [-0.39, 0.29) is 24.2 Å². The lowest BCUT2D eigenvalue weighted by Crippen LogP contribution is -2.42. The Balaban J connectivity index is 1.60. The number of fused-ring (bicyclic) bond motifs is 1. The Morgan fingerprint density at radius 1 is 1.28 bits per heavy atom. The van der Waals surface area contributed by atoms with E-state index in [4.69, 9.17) is 14.2 Å². The molecule has 0 saturated carbocycles. The molecule has 7 nitrogen and oxygen atoms in total. The van der Waals surface area contributed by atoms with Crippen LogP contribution in [0.15, 0.2) is 27.0 Å². The molecule has 3 rings (SSSR count). The van der Waals surface area contributed by atoms with Gasteiger partial charge in [0.15, 0.2) is 27.9 Å². The summed E-state index contributed by atoms with van der Waals surface area (Å²) in [5, 5.41) is 1.000. The molecule has 29 heavy (non-hydrogen) atoms. The second kappa shape index (κ2) is 8.47. The number of benzene rings is 1. The molecule has 10 heteroatoms. The van der Waals surface area contributed by atoms with Gasteiger partial charge in [0.2, 0.25) is 11.5 Å². The van der Waals surface area contributed by atoms with Crippen LogP contribution in [-0.4, -0.2) is 50.5 Å². The molecule has 0 spiro atoms. The second-order valence-corrected chi connectivity index (χ2v) is 11.2. The minimum absolute atomic E-state index is 0.0413. The summed E-state index contributed by atoms with van der Waals surface area (Å²) in [5.41, 5.74) is 0. The molecule has 2 aliphatic heterocycles. The standard InChI is InChI=1S/C19H23Br2NO6S/c1-4-29(24,25)11-12-5-7-22(8-6-12)15(23)10-26-16-13(20)9-14(21)17-18(16)28-19(2,3)27-17/h4,9,12H,1,5-8,10-11H2,2-3H3. The summed E-state index contributed by atoms with van der Waals surface area (Å²) in [6, 6.07) is 1.79. The van der Waals surface area contributed by atoms with Gasteiger partial charge in [-0.3, -0.25) is 4.79 Å². The van der Waals surface area contributed by atoms with Crippen LogP contribution in [0.1, 0.15) is 26.7 Å². The third-order valence-corrected chi connectivity index (χ3v) is 7.45. The summed E-state index contributed by atoms with van der Waals surface area (Å²) in [5.74, 6) is 0.523. The minimum atomic E-state index is -3.23. The number of nitrogens with zero attached hydrogens (tertiary/aromatic N) is 1. The molecule has 0 bridgehead atoms. The first-order chi connectivity index (χ1) is 13.5. The molecular formula is C19H23Br2NO6S. The molecule has 1 saturated heterocycles. The van der Waals surface area contributed by atoms with Crippen LogP contribution in [0, 0.1) is 5.92 Å². The summed E-state index contributed by atoms with van der Waals surface area (Å²) >= 11 is 6.89. The SMILES string of the molecule is C=CS(=O)(=O)CC1CCN(C(=O)COc2c(Br)cc(Br)c3c2OC(C)(C)O3)CC1. The Morgan fingerprint density at radius 3 is 2.52 bits per heavy atom. The fourth-order valence-electron chi connectivity index (χ4n) is 3.37. The molecule has 1 fully saturated rings. The molecule has 0 aromatic heterocycles. The third kappa shape index (κ3) is 5.27. The Bertz CT molecular complexity index is 923. The van der Waals surface area contributed by atoms with Gasteiger partial charge in [0, 0.05) is 32.3 Å². The Hall–Kier alpha value is -1.26. The average molecular weight is 553 g/mol. The first-order valence-corrected chi connectivity index (χ1v) is 12.5. The number of halogens is 2. The zero-order chi connectivity index (χ0) is 21.4. The van der Waals surface area contributed by atoms with E-state index >= 15 is 0 Å². The molecule has 0 radical (unpaired) electrons. The Labute approximate surface area is 187 Å². The first-order valence-electron chi connectivity index (χ1n) is 9.17. The van der Waals surface area contributed by atoms with Gasteiger partial charge in [-0.25, -0.2) is 8.42 Å². The van der Waals surface area contributed by atoms with Crippen molar-refractivity contribution in [3.05, 3.63) is 27.0 Å². The van der Waals surface area contributed by atoms with Crippen LogP contribution < -0.4 is 14.2 Å². The van der Waals surface area contributed by atoms with Crippen molar-refractivity contribution in [2.75, 3.05) is 25.4 Å². The lowest BCUT2D eigenvalue weighted by Gasteiger charge is -2.31. The number of amides is 1. The van der Waals surface area contributed by atoms with E-state index in [0.717, 1.165) is 9.88 Å². The van der Waals surface area contributed by atoms with Gasteiger partial charge in [0.05, 0.1) is 14.7 Å². The van der Waals surface area contributed by atoms with E-state index in [1.807, 2.05) is 0 Å². The number of hydrogen-bond acceptors (Lipinski definition) is 6. The van der Waals surface area contributed by atoms with Crippen molar-refractivity contribution in [3.63, 3.8) is 0 Å². The summed E-state index contributed by atoms with van der Waals surface area (Å²) in [6.45, 7) is 7.79. The number of hydrogen-bond donors (Lipinski definition) is 0. The van der Waals surface area contributed by atoms with Crippen molar-refractivity contribution in [1.29, 1.82) is 0 Å². The predicted octanol–water partition coefficient (Wildman–Crippen LogP) is 3.89. The van der Waals surface area contributed by atoms with Gasteiger partial charge in [-0.15, -0.1) is 0 Å². The molecule has 1 aromatic carbocycles. The molecular weight excluding hydrogens is 530 g/mol. The number of carbonyl (C=O) groups is 1. The smallest absolute Gasteiger partial charge is 0.260 e. The van der Waals surface area contributed by atoms with Gasteiger partial charge < -0.3 is 19.1 Å². The minimum Gasteiger partial charge on any atom is -0.479 e. The van der Waals surface area contributed by atoms with Crippen molar-refractivity contribution in [2.45, 2.75) is 32.5 Å². The van der Waals surface area contributed by atoms with Crippen LogP contribution in [-0.2, 0) is 14.6 Å². The van der Waals surface area contributed by atoms with Gasteiger partial charge in [0.25, 0.3) is 5.91 Å². The molecule has 0 aliphatic carbocycles. The van der Waals surface area contributed by atoms with Crippen LogP contribution in [0.3, 0.4) is 0 Å². The number of ether oxygens (including phenoxy) is 3. The quantitative estimate of drug-likeness (QED) is 0.532. The number of piperidine rings is 1. The van der Waals surface area contributed by atoms with E-state index in [0.29, 0.717) is 47.7 Å². The van der Waals surface area contributed by atoms with Gasteiger partial charge in [-0.05, 0) is 56.7 Å². The maximum Gasteiger partial charge on any atom is 0.260 e. The Morgan fingerprint density at radius 2 is 1.90 bits per heavy atom. The molecule has 2 heterocycles. The maximum absolute atomic E-state index is 12.6. The van der Waals surface area contributed by atoms with E-state index < -0.39 is 15.6 Å².